The van der Waals surface area contributed by atoms with Gasteiger partial charge in [-0.25, -0.2) is 0 Å². The van der Waals surface area contributed by atoms with E-state index in [1.54, 1.807) is 0 Å². The maximum Gasteiger partial charge on any atom is 0.141 e. The van der Waals surface area contributed by atoms with E-state index < -0.39 is 0 Å². The Hall–Kier alpha value is -1.59. The van der Waals surface area contributed by atoms with Crippen LogP contribution >= 0.6 is 0 Å². The lowest BCUT2D eigenvalue weighted by atomic mass is 10.0. The van der Waals surface area contributed by atoms with E-state index in [0.29, 0.717) is 19.4 Å². The molecule has 1 aromatic carbocycles. The number of oxime groups is 1. The minimum Gasteiger partial charge on any atom is -0.409 e. The Morgan fingerprint density at radius 2 is 2.06 bits per heavy atom. The largest absolute Gasteiger partial charge is 0.409 e. The molecule has 0 aromatic heterocycles. The predicted octanol–water partition coefficient (Wildman–Crippen LogP) is 1.22. The molecule has 1 aromatic rings. The van der Waals surface area contributed by atoms with E-state index in [2.05, 4.69) is 10.5 Å². The molecule has 0 aliphatic rings. The highest BCUT2D eigenvalue weighted by molar-refractivity contribution is 5.80. The molecule has 0 aliphatic carbocycles. The van der Waals surface area contributed by atoms with E-state index in [4.69, 9.17) is 10.9 Å². The Morgan fingerprint density at radius 3 is 2.61 bits per heavy atom. The summed E-state index contributed by atoms with van der Waals surface area (Å²) >= 11 is 0. The smallest absolute Gasteiger partial charge is 0.141 e. The van der Waals surface area contributed by atoms with Crippen LogP contribution in [-0.4, -0.2) is 28.8 Å². The molecule has 0 amide bonds. The number of amidine groups is 1. The molecule has 1 rings (SSSR count). The number of aliphatic hydroxyl groups excluding tert-OH is 1. The van der Waals surface area contributed by atoms with Crippen molar-refractivity contribution in [3.05, 3.63) is 35.9 Å². The van der Waals surface area contributed by atoms with E-state index >= 15 is 0 Å². The Kier molecular flexibility index (Phi) is 6.18. The average Bonchev–Trinajstić information content (AvgIpc) is 2.43. The van der Waals surface area contributed by atoms with Gasteiger partial charge in [-0.15, -0.1) is 0 Å². The van der Waals surface area contributed by atoms with Crippen LogP contribution in [-0.2, 0) is 0 Å². The van der Waals surface area contributed by atoms with Crippen LogP contribution in [0.4, 0.5) is 0 Å². The molecule has 5 heteroatoms. The highest BCUT2D eigenvalue weighted by atomic mass is 16.4. The number of nitrogens with two attached hydrogens (primary N) is 1. The van der Waals surface area contributed by atoms with Crippen LogP contribution in [0.1, 0.15) is 31.4 Å². The van der Waals surface area contributed by atoms with Gasteiger partial charge in [0.15, 0.2) is 0 Å². The zero-order chi connectivity index (χ0) is 13.4. The number of aliphatic hydroxyl groups is 1. The number of rotatable bonds is 7. The maximum absolute atomic E-state index is 9.57. The van der Waals surface area contributed by atoms with Gasteiger partial charge in [-0.3, -0.25) is 0 Å². The van der Waals surface area contributed by atoms with Crippen molar-refractivity contribution in [2.24, 2.45) is 10.9 Å². The number of benzene rings is 1. The molecule has 100 valence electrons. The fourth-order valence-electron chi connectivity index (χ4n) is 1.67. The second kappa shape index (κ2) is 7.68. The van der Waals surface area contributed by atoms with Gasteiger partial charge in [-0.1, -0.05) is 42.4 Å². The monoisotopic (exact) mass is 251 g/mol. The third-order valence-electron chi connectivity index (χ3n) is 2.81. The van der Waals surface area contributed by atoms with E-state index in [-0.39, 0.29) is 18.0 Å². The van der Waals surface area contributed by atoms with Gasteiger partial charge in [-0.2, -0.15) is 0 Å². The van der Waals surface area contributed by atoms with Gasteiger partial charge in [0.05, 0.1) is 6.10 Å². The van der Waals surface area contributed by atoms with Crippen molar-refractivity contribution >= 4 is 5.84 Å². The molecule has 0 saturated carbocycles. The summed E-state index contributed by atoms with van der Waals surface area (Å²) in [5.41, 5.74) is 6.60. The van der Waals surface area contributed by atoms with Gasteiger partial charge < -0.3 is 21.4 Å². The Bertz CT molecular complexity index is 368. The van der Waals surface area contributed by atoms with Crippen LogP contribution in [0.15, 0.2) is 35.5 Å². The second-order valence-corrected chi connectivity index (χ2v) is 4.23. The fourth-order valence-corrected chi connectivity index (χ4v) is 1.67. The van der Waals surface area contributed by atoms with E-state index in [9.17, 15) is 5.11 Å². The van der Waals surface area contributed by atoms with Gasteiger partial charge in [0.25, 0.3) is 0 Å². The van der Waals surface area contributed by atoms with Gasteiger partial charge in [-0.05, 0) is 12.0 Å². The molecule has 18 heavy (non-hydrogen) atoms. The highest BCUT2D eigenvalue weighted by Crippen LogP contribution is 2.16. The predicted molar refractivity (Wildman–Crippen MR) is 71.5 cm³/mol. The van der Waals surface area contributed by atoms with Crippen molar-refractivity contribution < 1.29 is 10.3 Å². The van der Waals surface area contributed by atoms with Crippen LogP contribution in [0, 0.1) is 0 Å². The SMILES string of the molecule is CCC(O)CNC(C/C(N)=N/O)c1ccccc1. The molecule has 0 fully saturated rings. The van der Waals surface area contributed by atoms with Gasteiger partial charge in [0.1, 0.15) is 5.84 Å². The zero-order valence-electron chi connectivity index (χ0n) is 10.6. The molecular formula is C13H21N3O2. The molecule has 0 bridgehead atoms. The van der Waals surface area contributed by atoms with E-state index in [0.717, 1.165) is 5.56 Å². The molecule has 0 saturated heterocycles. The van der Waals surface area contributed by atoms with Crippen molar-refractivity contribution in [3.8, 4) is 0 Å². The number of nitrogens with one attached hydrogen (secondary N) is 1. The van der Waals surface area contributed by atoms with Gasteiger partial charge in [0.2, 0.25) is 0 Å². The number of hydrogen-bond donors (Lipinski definition) is 4. The molecule has 5 nitrogen and oxygen atoms in total. The summed E-state index contributed by atoms with van der Waals surface area (Å²) < 4.78 is 0. The Morgan fingerprint density at radius 1 is 1.39 bits per heavy atom. The van der Waals surface area contributed by atoms with E-state index in [1.165, 1.54) is 0 Å². The average molecular weight is 251 g/mol. The Labute approximate surface area is 107 Å². The molecule has 0 spiro atoms. The molecule has 0 aliphatic heterocycles. The quantitative estimate of drug-likeness (QED) is 0.254. The third-order valence-corrected chi connectivity index (χ3v) is 2.81. The topological polar surface area (TPSA) is 90.9 Å². The number of nitrogens with zero attached hydrogens (tertiary/aromatic N) is 1. The number of hydrogen-bond acceptors (Lipinski definition) is 4. The highest BCUT2D eigenvalue weighted by Gasteiger charge is 2.14. The summed E-state index contributed by atoms with van der Waals surface area (Å²) in [6.07, 6.45) is 0.707. The second-order valence-electron chi connectivity index (χ2n) is 4.23. The van der Waals surface area contributed by atoms with Crippen LogP contribution in [0.2, 0.25) is 0 Å². The van der Waals surface area contributed by atoms with E-state index in [1.807, 2.05) is 37.3 Å². The summed E-state index contributed by atoms with van der Waals surface area (Å²) in [7, 11) is 0. The first-order valence-corrected chi connectivity index (χ1v) is 6.10. The van der Waals surface area contributed by atoms with Crippen molar-refractivity contribution in [3.63, 3.8) is 0 Å². The summed E-state index contributed by atoms with van der Waals surface area (Å²) in [4.78, 5) is 0. The van der Waals surface area contributed by atoms with Crippen LogP contribution < -0.4 is 11.1 Å². The lowest BCUT2D eigenvalue weighted by Crippen LogP contribution is -2.32. The fraction of sp³-hybridized carbons (Fsp3) is 0.462. The molecule has 5 N–H and O–H groups in total. The standard InChI is InChI=1S/C13H21N3O2/c1-2-11(17)9-15-12(8-13(14)16-18)10-6-4-3-5-7-10/h3-7,11-12,15,17-18H,2,8-9H2,1H3,(H2,14,16). The molecule has 2 atom stereocenters. The van der Waals surface area contributed by atoms with Crippen molar-refractivity contribution in [1.29, 1.82) is 0 Å². The summed E-state index contributed by atoms with van der Waals surface area (Å²) in [6.45, 7) is 2.40. The van der Waals surface area contributed by atoms with Gasteiger partial charge >= 0.3 is 0 Å². The maximum atomic E-state index is 9.57. The summed E-state index contributed by atoms with van der Waals surface area (Å²) in [6, 6.07) is 9.69. The summed E-state index contributed by atoms with van der Waals surface area (Å²) in [5.74, 6) is 0.169. The van der Waals surface area contributed by atoms with Crippen molar-refractivity contribution in [2.75, 3.05) is 6.54 Å². The minimum atomic E-state index is -0.386. The van der Waals surface area contributed by atoms with Crippen LogP contribution in [0.5, 0.6) is 0 Å². The van der Waals surface area contributed by atoms with Crippen molar-refractivity contribution in [1.82, 2.24) is 5.32 Å². The van der Waals surface area contributed by atoms with Crippen LogP contribution in [0.25, 0.3) is 0 Å². The molecule has 0 heterocycles. The normalized spacial score (nSPS) is 15.3. The van der Waals surface area contributed by atoms with Crippen LogP contribution in [0.3, 0.4) is 0 Å². The zero-order valence-corrected chi connectivity index (χ0v) is 10.6. The molecule has 0 radical (unpaired) electrons. The molecule has 2 unspecified atom stereocenters. The first-order valence-electron chi connectivity index (χ1n) is 6.10. The lowest BCUT2D eigenvalue weighted by Gasteiger charge is -2.20. The van der Waals surface area contributed by atoms with Crippen molar-refractivity contribution in [2.45, 2.75) is 31.9 Å². The first-order chi connectivity index (χ1) is 8.67. The minimum absolute atomic E-state index is 0.0664. The lowest BCUT2D eigenvalue weighted by molar-refractivity contribution is 0.163. The van der Waals surface area contributed by atoms with Gasteiger partial charge in [0, 0.05) is 19.0 Å². The third kappa shape index (κ3) is 4.73. The first kappa shape index (κ1) is 14.5. The summed E-state index contributed by atoms with van der Waals surface area (Å²) in [5, 5.41) is 24.4. The Balaban J connectivity index is 2.69. The molecular weight excluding hydrogens is 230 g/mol.